The summed E-state index contributed by atoms with van der Waals surface area (Å²) in [4.78, 5) is 0. The molecule has 0 unspecified atom stereocenters. The molecule has 0 radical (unpaired) electrons. The molecule has 1 fully saturated rings. The average Bonchev–Trinajstić information content (AvgIpc) is 2.66. The van der Waals surface area contributed by atoms with E-state index in [1.807, 2.05) is 18.2 Å². The van der Waals surface area contributed by atoms with E-state index in [0.29, 0.717) is 12.5 Å². The van der Waals surface area contributed by atoms with Crippen LogP contribution in [-0.4, -0.2) is 17.8 Å². The lowest BCUT2D eigenvalue weighted by molar-refractivity contribution is 0.0822. The quantitative estimate of drug-likeness (QED) is 0.819. The molecule has 15 heavy (non-hydrogen) atoms. The number of hydrogen-bond donors (Lipinski definition) is 1. The van der Waals surface area contributed by atoms with Crippen LogP contribution in [0.2, 0.25) is 0 Å². The third-order valence-electron chi connectivity index (χ3n) is 2.98. The van der Waals surface area contributed by atoms with E-state index >= 15 is 0 Å². The number of aliphatic hydroxyl groups is 1. The molecular formula is C13H18O2. The van der Waals surface area contributed by atoms with Crippen LogP contribution in [0.4, 0.5) is 0 Å². The minimum atomic E-state index is -0.0877. The monoisotopic (exact) mass is 206 g/mol. The molecule has 0 aromatic heterocycles. The van der Waals surface area contributed by atoms with Crippen LogP contribution in [0.15, 0.2) is 30.3 Å². The van der Waals surface area contributed by atoms with Crippen LogP contribution in [0.5, 0.6) is 0 Å². The molecule has 0 aliphatic heterocycles. The molecule has 0 heterocycles. The lowest BCUT2D eigenvalue weighted by atomic mass is 10.1. The summed E-state index contributed by atoms with van der Waals surface area (Å²) in [6, 6.07) is 10.2. The van der Waals surface area contributed by atoms with Gasteiger partial charge in [0.25, 0.3) is 0 Å². The van der Waals surface area contributed by atoms with E-state index in [2.05, 4.69) is 12.1 Å². The van der Waals surface area contributed by atoms with Crippen molar-refractivity contribution < 1.29 is 9.84 Å². The lowest BCUT2D eigenvalue weighted by Gasteiger charge is -2.09. The van der Waals surface area contributed by atoms with Gasteiger partial charge >= 0.3 is 0 Å². The molecule has 2 heteroatoms. The maximum absolute atomic E-state index is 9.36. The topological polar surface area (TPSA) is 29.5 Å². The summed E-state index contributed by atoms with van der Waals surface area (Å²) in [5, 5.41) is 9.36. The van der Waals surface area contributed by atoms with Gasteiger partial charge in [-0.05, 0) is 30.7 Å². The first-order valence-electron chi connectivity index (χ1n) is 5.64. The van der Waals surface area contributed by atoms with Gasteiger partial charge in [0.1, 0.15) is 0 Å². The van der Waals surface area contributed by atoms with Gasteiger partial charge < -0.3 is 9.84 Å². The Morgan fingerprint density at radius 1 is 1.20 bits per heavy atom. The highest BCUT2D eigenvalue weighted by Crippen LogP contribution is 2.25. The van der Waals surface area contributed by atoms with Crippen molar-refractivity contribution in [1.29, 1.82) is 0 Å². The summed E-state index contributed by atoms with van der Waals surface area (Å²) in [6.45, 7) is 1.47. The summed E-state index contributed by atoms with van der Waals surface area (Å²) < 4.78 is 5.64. The first-order chi connectivity index (χ1) is 7.34. The molecule has 1 saturated carbocycles. The Balaban J connectivity index is 1.67. The van der Waals surface area contributed by atoms with E-state index in [4.69, 9.17) is 4.74 Å². The van der Waals surface area contributed by atoms with E-state index in [9.17, 15) is 5.11 Å². The van der Waals surface area contributed by atoms with Crippen LogP contribution in [0.3, 0.4) is 0 Å². The molecule has 1 aliphatic carbocycles. The van der Waals surface area contributed by atoms with Crippen molar-refractivity contribution in [1.82, 2.24) is 0 Å². The molecule has 0 spiro atoms. The van der Waals surface area contributed by atoms with Crippen molar-refractivity contribution in [3.05, 3.63) is 35.9 Å². The van der Waals surface area contributed by atoms with Crippen molar-refractivity contribution in [3.63, 3.8) is 0 Å². The third kappa shape index (κ3) is 3.33. The molecule has 2 nitrogen and oxygen atoms in total. The van der Waals surface area contributed by atoms with E-state index < -0.39 is 0 Å². The highest BCUT2D eigenvalue weighted by Gasteiger charge is 2.22. The predicted molar refractivity (Wildman–Crippen MR) is 59.4 cm³/mol. The molecule has 2 atom stereocenters. The highest BCUT2D eigenvalue weighted by molar-refractivity contribution is 5.13. The summed E-state index contributed by atoms with van der Waals surface area (Å²) in [6.07, 6.45) is 2.87. The Labute approximate surface area is 90.9 Å². The summed E-state index contributed by atoms with van der Waals surface area (Å²) in [5.41, 5.74) is 1.22. The first-order valence-corrected chi connectivity index (χ1v) is 5.64. The standard InChI is InChI=1S/C13H18O2/c14-13-7-6-12(8-13)10-15-9-11-4-2-1-3-5-11/h1-5,12-14H,6-10H2/t12-,13+/m1/s1. The molecule has 1 aliphatic rings. The predicted octanol–water partition coefficient (Wildman–Crippen LogP) is 2.36. The fourth-order valence-corrected chi connectivity index (χ4v) is 2.12. The van der Waals surface area contributed by atoms with Crippen LogP contribution in [0, 0.1) is 5.92 Å². The van der Waals surface area contributed by atoms with Crippen LogP contribution in [0.25, 0.3) is 0 Å². The van der Waals surface area contributed by atoms with Crippen LogP contribution in [-0.2, 0) is 11.3 Å². The number of ether oxygens (including phenoxy) is 1. The zero-order valence-electron chi connectivity index (χ0n) is 8.93. The molecule has 1 aromatic rings. The number of aliphatic hydroxyl groups excluding tert-OH is 1. The highest BCUT2D eigenvalue weighted by atomic mass is 16.5. The Hall–Kier alpha value is -0.860. The number of benzene rings is 1. The van der Waals surface area contributed by atoms with Gasteiger partial charge in [-0.2, -0.15) is 0 Å². The largest absolute Gasteiger partial charge is 0.393 e. The summed E-state index contributed by atoms with van der Waals surface area (Å²) in [5.74, 6) is 0.559. The number of hydrogen-bond acceptors (Lipinski definition) is 2. The van der Waals surface area contributed by atoms with Gasteiger partial charge in [0.2, 0.25) is 0 Å². The normalized spacial score (nSPS) is 25.7. The Morgan fingerprint density at radius 2 is 2.00 bits per heavy atom. The van der Waals surface area contributed by atoms with Crippen LogP contribution in [0.1, 0.15) is 24.8 Å². The zero-order chi connectivity index (χ0) is 10.5. The molecule has 1 N–H and O–H groups in total. The van der Waals surface area contributed by atoms with E-state index in [0.717, 1.165) is 25.9 Å². The molecule has 82 valence electrons. The second kappa shape index (κ2) is 5.29. The number of rotatable bonds is 4. The fourth-order valence-electron chi connectivity index (χ4n) is 2.12. The Kier molecular flexibility index (Phi) is 3.75. The minimum absolute atomic E-state index is 0.0877. The SMILES string of the molecule is O[C@H]1CC[C@@H](COCc2ccccc2)C1. The van der Waals surface area contributed by atoms with Crippen molar-refractivity contribution >= 4 is 0 Å². The van der Waals surface area contributed by atoms with E-state index in [1.54, 1.807) is 0 Å². The van der Waals surface area contributed by atoms with Gasteiger partial charge in [0.05, 0.1) is 12.7 Å². The van der Waals surface area contributed by atoms with Gasteiger partial charge in [0.15, 0.2) is 0 Å². The third-order valence-corrected chi connectivity index (χ3v) is 2.98. The van der Waals surface area contributed by atoms with E-state index in [1.165, 1.54) is 5.56 Å². The first kappa shape index (κ1) is 10.7. The molecular weight excluding hydrogens is 188 g/mol. The van der Waals surface area contributed by atoms with Crippen LogP contribution >= 0.6 is 0 Å². The lowest BCUT2D eigenvalue weighted by Crippen LogP contribution is -2.07. The van der Waals surface area contributed by atoms with Gasteiger partial charge in [-0.3, -0.25) is 0 Å². The summed E-state index contributed by atoms with van der Waals surface area (Å²) >= 11 is 0. The van der Waals surface area contributed by atoms with Crippen LogP contribution < -0.4 is 0 Å². The van der Waals surface area contributed by atoms with Gasteiger partial charge in [-0.15, -0.1) is 0 Å². The fraction of sp³-hybridized carbons (Fsp3) is 0.538. The molecule has 0 amide bonds. The van der Waals surface area contributed by atoms with Crippen molar-refractivity contribution in [2.24, 2.45) is 5.92 Å². The average molecular weight is 206 g/mol. The Morgan fingerprint density at radius 3 is 2.67 bits per heavy atom. The van der Waals surface area contributed by atoms with Gasteiger partial charge in [-0.1, -0.05) is 30.3 Å². The Bertz CT molecular complexity index is 284. The summed E-state index contributed by atoms with van der Waals surface area (Å²) in [7, 11) is 0. The second-order valence-electron chi connectivity index (χ2n) is 4.33. The minimum Gasteiger partial charge on any atom is -0.393 e. The van der Waals surface area contributed by atoms with Crippen molar-refractivity contribution in [2.45, 2.75) is 32.0 Å². The molecule has 0 bridgehead atoms. The van der Waals surface area contributed by atoms with E-state index in [-0.39, 0.29) is 6.10 Å². The molecule has 1 aromatic carbocycles. The maximum Gasteiger partial charge on any atom is 0.0717 e. The maximum atomic E-state index is 9.36. The van der Waals surface area contributed by atoms with Crippen molar-refractivity contribution in [2.75, 3.05) is 6.61 Å². The molecule has 0 saturated heterocycles. The smallest absolute Gasteiger partial charge is 0.0717 e. The van der Waals surface area contributed by atoms with Gasteiger partial charge in [-0.25, -0.2) is 0 Å². The second-order valence-corrected chi connectivity index (χ2v) is 4.33. The van der Waals surface area contributed by atoms with Crippen molar-refractivity contribution in [3.8, 4) is 0 Å². The zero-order valence-corrected chi connectivity index (χ0v) is 8.93. The molecule has 2 rings (SSSR count). The van der Waals surface area contributed by atoms with Gasteiger partial charge in [0, 0.05) is 6.61 Å².